The van der Waals surface area contributed by atoms with E-state index in [2.05, 4.69) is 37.4 Å². The van der Waals surface area contributed by atoms with Gasteiger partial charge in [0.2, 0.25) is 5.91 Å². The zero-order valence-corrected chi connectivity index (χ0v) is 12.5. The van der Waals surface area contributed by atoms with E-state index < -0.39 is 0 Å². The summed E-state index contributed by atoms with van der Waals surface area (Å²) in [5.74, 6) is 2.40. The molecule has 2 aliphatic rings. The van der Waals surface area contributed by atoms with Crippen LogP contribution in [-0.2, 0) is 11.2 Å². The van der Waals surface area contributed by atoms with Gasteiger partial charge in [0.15, 0.2) is 0 Å². The minimum atomic E-state index is -0.0841. The summed E-state index contributed by atoms with van der Waals surface area (Å²) in [6.07, 6.45) is 2.74. The first-order valence-electron chi connectivity index (χ1n) is 7.57. The summed E-state index contributed by atoms with van der Waals surface area (Å²) in [6.45, 7) is 6.99. The topological polar surface area (TPSA) is 38.3 Å². The maximum atomic E-state index is 11.3. The molecule has 108 valence electrons. The molecule has 20 heavy (non-hydrogen) atoms. The number of carbonyl (C=O) groups excluding carboxylic acids is 1. The number of rotatable bonds is 4. The van der Waals surface area contributed by atoms with Crippen LogP contribution in [-0.4, -0.2) is 18.1 Å². The number of amides is 1. The normalized spacial score (nSPS) is 25.8. The predicted octanol–water partition coefficient (Wildman–Crippen LogP) is 3.03. The largest absolute Gasteiger partial charge is 0.487 e. The monoisotopic (exact) mass is 273 g/mol. The molecule has 1 N–H and O–H groups in total. The van der Waals surface area contributed by atoms with E-state index in [-0.39, 0.29) is 11.5 Å². The van der Waals surface area contributed by atoms with Crippen LogP contribution in [0.5, 0.6) is 5.75 Å². The molecule has 1 aliphatic carbocycles. The Kier molecular flexibility index (Phi) is 3.23. The van der Waals surface area contributed by atoms with E-state index in [9.17, 15) is 4.79 Å². The van der Waals surface area contributed by atoms with Crippen LogP contribution in [0.4, 0.5) is 0 Å². The van der Waals surface area contributed by atoms with Crippen molar-refractivity contribution in [2.24, 2.45) is 5.92 Å². The third kappa shape index (κ3) is 2.54. The van der Waals surface area contributed by atoms with Crippen LogP contribution in [0.1, 0.15) is 50.7 Å². The Morgan fingerprint density at radius 2 is 2.25 bits per heavy atom. The van der Waals surface area contributed by atoms with E-state index in [1.165, 1.54) is 17.5 Å². The Morgan fingerprint density at radius 3 is 3.00 bits per heavy atom. The molecule has 0 saturated heterocycles. The molecular weight excluding hydrogens is 250 g/mol. The first-order valence-corrected chi connectivity index (χ1v) is 7.57. The Balaban J connectivity index is 1.69. The zero-order chi connectivity index (χ0) is 14.3. The molecule has 2 atom stereocenters. The molecule has 0 radical (unpaired) electrons. The smallest absolute Gasteiger partial charge is 0.219 e. The Hall–Kier alpha value is -1.51. The standard InChI is InChI=1S/C17H23NO2/c1-4-16(19)18-10-11-8-13(11)12-6-5-7-15-14(12)9-17(2,3)20-15/h5-7,11,13H,4,8-10H2,1-3H3,(H,18,19)/t11-,13+/m0/s1. The maximum Gasteiger partial charge on any atom is 0.219 e. The average molecular weight is 273 g/mol. The van der Waals surface area contributed by atoms with Gasteiger partial charge >= 0.3 is 0 Å². The molecule has 1 aromatic carbocycles. The maximum absolute atomic E-state index is 11.3. The highest BCUT2D eigenvalue weighted by Crippen LogP contribution is 2.51. The number of carbonyl (C=O) groups is 1. The van der Waals surface area contributed by atoms with Gasteiger partial charge in [0.05, 0.1) is 0 Å². The first kappa shape index (κ1) is 13.5. The molecule has 0 aromatic heterocycles. The number of nitrogens with one attached hydrogen (secondary N) is 1. The highest BCUT2D eigenvalue weighted by Gasteiger charge is 2.42. The van der Waals surface area contributed by atoms with Crippen molar-refractivity contribution >= 4 is 5.91 Å². The third-order valence-corrected chi connectivity index (χ3v) is 4.36. The minimum Gasteiger partial charge on any atom is -0.487 e. The van der Waals surface area contributed by atoms with Gasteiger partial charge in [-0.05, 0) is 43.7 Å². The van der Waals surface area contributed by atoms with Gasteiger partial charge in [-0.3, -0.25) is 4.79 Å². The fourth-order valence-corrected chi connectivity index (χ4v) is 3.20. The molecular formula is C17H23NO2. The average Bonchev–Trinajstić information content (AvgIpc) is 3.09. The number of hydrogen-bond donors (Lipinski definition) is 1. The van der Waals surface area contributed by atoms with Gasteiger partial charge in [0.25, 0.3) is 0 Å². The molecule has 0 spiro atoms. The predicted molar refractivity (Wildman–Crippen MR) is 79.0 cm³/mol. The Bertz CT molecular complexity index is 536. The van der Waals surface area contributed by atoms with Gasteiger partial charge in [-0.1, -0.05) is 19.1 Å². The molecule has 0 unspecified atom stereocenters. The summed E-state index contributed by atoms with van der Waals surface area (Å²) in [6, 6.07) is 6.40. The summed E-state index contributed by atoms with van der Waals surface area (Å²) in [4.78, 5) is 11.3. The zero-order valence-electron chi connectivity index (χ0n) is 12.5. The summed E-state index contributed by atoms with van der Waals surface area (Å²) >= 11 is 0. The van der Waals surface area contributed by atoms with E-state index in [1.807, 2.05) is 6.92 Å². The van der Waals surface area contributed by atoms with E-state index >= 15 is 0 Å². The minimum absolute atomic E-state index is 0.0841. The van der Waals surface area contributed by atoms with Crippen molar-refractivity contribution in [3.63, 3.8) is 0 Å². The van der Waals surface area contributed by atoms with Gasteiger partial charge in [0, 0.05) is 24.9 Å². The Morgan fingerprint density at radius 1 is 1.45 bits per heavy atom. The quantitative estimate of drug-likeness (QED) is 0.915. The van der Waals surface area contributed by atoms with E-state index in [1.54, 1.807) is 0 Å². The van der Waals surface area contributed by atoms with Crippen LogP contribution in [0.2, 0.25) is 0 Å². The van der Waals surface area contributed by atoms with Crippen molar-refractivity contribution in [1.29, 1.82) is 0 Å². The van der Waals surface area contributed by atoms with E-state index in [0.29, 0.717) is 18.3 Å². The Labute approximate surface area is 120 Å². The van der Waals surface area contributed by atoms with Gasteiger partial charge < -0.3 is 10.1 Å². The lowest BCUT2D eigenvalue weighted by molar-refractivity contribution is -0.120. The van der Waals surface area contributed by atoms with Crippen molar-refractivity contribution in [1.82, 2.24) is 5.32 Å². The van der Waals surface area contributed by atoms with Gasteiger partial charge in [-0.25, -0.2) is 0 Å². The summed E-state index contributed by atoms with van der Waals surface area (Å²) in [5.41, 5.74) is 2.73. The summed E-state index contributed by atoms with van der Waals surface area (Å²) in [5, 5.41) is 3.01. The van der Waals surface area contributed by atoms with Crippen LogP contribution >= 0.6 is 0 Å². The molecule has 0 bridgehead atoms. The first-order chi connectivity index (χ1) is 9.50. The molecule has 1 fully saturated rings. The number of benzene rings is 1. The molecule has 1 aromatic rings. The van der Waals surface area contributed by atoms with Crippen molar-refractivity contribution in [2.75, 3.05) is 6.54 Å². The lowest BCUT2D eigenvalue weighted by Gasteiger charge is -2.16. The molecule has 3 heteroatoms. The van der Waals surface area contributed by atoms with Crippen LogP contribution in [0.15, 0.2) is 18.2 Å². The van der Waals surface area contributed by atoms with Gasteiger partial charge in [0.1, 0.15) is 11.4 Å². The highest BCUT2D eigenvalue weighted by molar-refractivity contribution is 5.75. The summed E-state index contributed by atoms with van der Waals surface area (Å²) in [7, 11) is 0. The molecule has 1 amide bonds. The van der Waals surface area contributed by atoms with Crippen LogP contribution < -0.4 is 10.1 Å². The number of ether oxygens (including phenoxy) is 1. The third-order valence-electron chi connectivity index (χ3n) is 4.36. The fraction of sp³-hybridized carbons (Fsp3) is 0.588. The second-order valence-electron chi connectivity index (χ2n) is 6.62. The van der Waals surface area contributed by atoms with E-state index in [4.69, 9.17) is 4.74 Å². The summed E-state index contributed by atoms with van der Waals surface area (Å²) < 4.78 is 5.99. The molecule has 1 aliphatic heterocycles. The molecule has 1 saturated carbocycles. The van der Waals surface area contributed by atoms with Crippen molar-refractivity contribution < 1.29 is 9.53 Å². The highest BCUT2D eigenvalue weighted by atomic mass is 16.5. The van der Waals surface area contributed by atoms with Crippen LogP contribution in [0, 0.1) is 5.92 Å². The fourth-order valence-electron chi connectivity index (χ4n) is 3.20. The van der Waals surface area contributed by atoms with Gasteiger partial charge in [-0.2, -0.15) is 0 Å². The van der Waals surface area contributed by atoms with Gasteiger partial charge in [-0.15, -0.1) is 0 Å². The lowest BCUT2D eigenvalue weighted by atomic mass is 9.94. The number of hydrogen-bond acceptors (Lipinski definition) is 2. The second-order valence-corrected chi connectivity index (χ2v) is 6.62. The number of fused-ring (bicyclic) bond motifs is 1. The SMILES string of the molecule is CCC(=O)NC[C@@H]1C[C@H]1c1cccc2c1CC(C)(C)O2. The molecule has 1 heterocycles. The molecule has 3 rings (SSSR count). The lowest BCUT2D eigenvalue weighted by Crippen LogP contribution is -2.25. The van der Waals surface area contributed by atoms with Crippen molar-refractivity contribution in [3.8, 4) is 5.75 Å². The second kappa shape index (κ2) is 4.80. The van der Waals surface area contributed by atoms with E-state index in [0.717, 1.165) is 18.7 Å². The van der Waals surface area contributed by atoms with Crippen molar-refractivity contribution in [3.05, 3.63) is 29.3 Å². The van der Waals surface area contributed by atoms with Crippen LogP contribution in [0.25, 0.3) is 0 Å². The molecule has 3 nitrogen and oxygen atoms in total. The van der Waals surface area contributed by atoms with Crippen molar-refractivity contribution in [2.45, 2.75) is 51.6 Å². The van der Waals surface area contributed by atoms with Crippen LogP contribution in [0.3, 0.4) is 0 Å².